The van der Waals surface area contributed by atoms with Crippen molar-refractivity contribution in [2.45, 2.75) is 24.9 Å². The molecule has 0 unspecified atom stereocenters. The fourth-order valence-corrected chi connectivity index (χ4v) is 2.00. The van der Waals surface area contributed by atoms with Crippen LogP contribution >= 0.6 is 0 Å². The highest BCUT2D eigenvalue weighted by Crippen LogP contribution is 2.37. The first-order valence-electron chi connectivity index (χ1n) is 4.80. The molecule has 1 fully saturated rings. The molecule has 0 aliphatic carbocycles. The Kier molecular flexibility index (Phi) is 1.80. The third kappa shape index (κ3) is 1.25. The summed E-state index contributed by atoms with van der Waals surface area (Å²) < 4.78 is 12.7. The van der Waals surface area contributed by atoms with Crippen molar-refractivity contribution in [3.8, 4) is 6.01 Å². The van der Waals surface area contributed by atoms with Gasteiger partial charge in [-0.2, -0.15) is 4.98 Å². The Labute approximate surface area is 85.1 Å². The van der Waals surface area contributed by atoms with E-state index in [4.69, 9.17) is 14.6 Å². The summed E-state index contributed by atoms with van der Waals surface area (Å²) in [5.74, 6) is 0. The smallest absolute Gasteiger partial charge is 0.302 e. The molecule has 6 heteroatoms. The summed E-state index contributed by atoms with van der Waals surface area (Å²) in [7, 11) is 0. The monoisotopic (exact) mass is 210 g/mol. The Bertz CT molecular complexity index is 444. The van der Waals surface area contributed by atoms with Crippen LogP contribution in [0.1, 0.15) is 12.6 Å². The molecule has 2 bridgehead atoms. The van der Waals surface area contributed by atoms with Crippen molar-refractivity contribution in [2.24, 2.45) is 0 Å². The third-order valence-corrected chi connectivity index (χ3v) is 2.73. The lowest BCUT2D eigenvalue weighted by molar-refractivity contribution is -0.0247. The van der Waals surface area contributed by atoms with Gasteiger partial charge in [0.2, 0.25) is 0 Å². The van der Waals surface area contributed by atoms with E-state index in [1.807, 2.05) is 0 Å². The maximum atomic E-state index is 11.0. The van der Waals surface area contributed by atoms with Gasteiger partial charge in [0.05, 0.1) is 6.61 Å². The summed E-state index contributed by atoms with van der Waals surface area (Å²) >= 11 is 0. The highest BCUT2D eigenvalue weighted by molar-refractivity contribution is 5.07. The molecule has 0 radical (unpaired) electrons. The second-order valence-corrected chi connectivity index (χ2v) is 3.66. The zero-order valence-corrected chi connectivity index (χ0v) is 7.87. The molecule has 2 aliphatic rings. The molecule has 1 saturated heterocycles. The summed E-state index contributed by atoms with van der Waals surface area (Å²) in [6, 6.07) is 1.64. The molecule has 0 saturated carbocycles. The van der Waals surface area contributed by atoms with Crippen molar-refractivity contribution in [2.75, 3.05) is 6.61 Å². The quantitative estimate of drug-likeness (QED) is 0.662. The van der Waals surface area contributed by atoms with Crippen LogP contribution in [0.25, 0.3) is 0 Å². The lowest BCUT2D eigenvalue weighted by Crippen LogP contribution is -2.32. The highest BCUT2D eigenvalue weighted by atomic mass is 16.6. The Hall–Kier alpha value is -1.40. The van der Waals surface area contributed by atoms with E-state index in [9.17, 15) is 4.79 Å². The van der Waals surface area contributed by atoms with E-state index in [1.54, 1.807) is 10.8 Å². The number of aliphatic hydroxyl groups is 1. The van der Waals surface area contributed by atoms with E-state index in [0.29, 0.717) is 6.42 Å². The van der Waals surface area contributed by atoms with Gasteiger partial charge in [-0.1, -0.05) is 0 Å². The van der Waals surface area contributed by atoms with Gasteiger partial charge in [-0.05, 0) is 0 Å². The molecule has 0 aromatic carbocycles. The van der Waals surface area contributed by atoms with E-state index in [0.717, 1.165) is 0 Å². The molecule has 0 spiro atoms. The SMILES string of the molecule is O=c1ccn2c(n1)O[C@@H]1C[C@H]2O[C@@H]1CO. The molecular weight excluding hydrogens is 200 g/mol. The number of rotatable bonds is 1. The second-order valence-electron chi connectivity index (χ2n) is 3.66. The Morgan fingerprint density at radius 1 is 1.67 bits per heavy atom. The predicted octanol–water partition coefficient (Wildman–Crippen LogP) is -0.716. The molecule has 1 N–H and O–H groups in total. The van der Waals surface area contributed by atoms with Crippen LogP contribution in [0.3, 0.4) is 0 Å². The predicted molar refractivity (Wildman–Crippen MR) is 48.5 cm³/mol. The number of ether oxygens (including phenoxy) is 2. The van der Waals surface area contributed by atoms with Crippen molar-refractivity contribution in [3.05, 3.63) is 22.6 Å². The van der Waals surface area contributed by atoms with Gasteiger partial charge in [0, 0.05) is 18.7 Å². The summed E-state index contributed by atoms with van der Waals surface area (Å²) in [5, 5.41) is 9.05. The van der Waals surface area contributed by atoms with Crippen LogP contribution in [0, 0.1) is 0 Å². The minimum Gasteiger partial charge on any atom is -0.458 e. The normalized spacial score (nSPS) is 32.2. The molecule has 1 aromatic heterocycles. The fourth-order valence-electron chi connectivity index (χ4n) is 2.00. The van der Waals surface area contributed by atoms with Gasteiger partial charge < -0.3 is 14.6 Å². The molecule has 6 nitrogen and oxygen atoms in total. The first-order valence-corrected chi connectivity index (χ1v) is 4.80. The lowest BCUT2D eigenvalue weighted by Gasteiger charge is -2.22. The third-order valence-electron chi connectivity index (χ3n) is 2.73. The van der Waals surface area contributed by atoms with Crippen LogP contribution in [0.15, 0.2) is 17.1 Å². The molecule has 0 amide bonds. The van der Waals surface area contributed by atoms with Gasteiger partial charge in [0.15, 0.2) is 0 Å². The summed E-state index contributed by atoms with van der Waals surface area (Å²) in [6.45, 7) is -0.0834. The van der Waals surface area contributed by atoms with Crippen molar-refractivity contribution in [1.82, 2.24) is 9.55 Å². The van der Waals surface area contributed by atoms with E-state index in [1.165, 1.54) is 6.07 Å². The van der Waals surface area contributed by atoms with Crippen LogP contribution in [-0.4, -0.2) is 33.5 Å². The van der Waals surface area contributed by atoms with Gasteiger partial charge in [0.25, 0.3) is 5.56 Å². The standard InChI is InChI=1S/C9H10N2O4/c12-4-6-5-3-8(14-6)11-2-1-7(13)10-9(11)15-5/h1-2,5-6,8,12H,3-4H2/t5-,6-,8-/m1/s1. The number of hydrogen-bond donors (Lipinski definition) is 1. The largest absolute Gasteiger partial charge is 0.458 e. The fraction of sp³-hybridized carbons (Fsp3) is 0.556. The van der Waals surface area contributed by atoms with Crippen LogP contribution in [0.5, 0.6) is 6.01 Å². The number of fused-ring (bicyclic) bond motifs is 4. The van der Waals surface area contributed by atoms with Crippen molar-refractivity contribution in [3.63, 3.8) is 0 Å². The van der Waals surface area contributed by atoms with E-state index < -0.39 is 0 Å². The van der Waals surface area contributed by atoms with Crippen molar-refractivity contribution < 1.29 is 14.6 Å². The van der Waals surface area contributed by atoms with Crippen molar-refractivity contribution >= 4 is 0 Å². The van der Waals surface area contributed by atoms with Gasteiger partial charge in [-0.25, -0.2) is 0 Å². The van der Waals surface area contributed by atoms with Crippen LogP contribution in [0.4, 0.5) is 0 Å². The molecule has 2 aliphatic heterocycles. The zero-order valence-electron chi connectivity index (χ0n) is 7.87. The molecular formula is C9H10N2O4. The summed E-state index contributed by atoms with van der Waals surface area (Å²) in [4.78, 5) is 14.8. The summed E-state index contributed by atoms with van der Waals surface area (Å²) in [5.41, 5.74) is -0.330. The maximum absolute atomic E-state index is 11.0. The number of hydrogen-bond acceptors (Lipinski definition) is 5. The average Bonchev–Trinajstić information content (AvgIpc) is 2.56. The average molecular weight is 210 g/mol. The minimum atomic E-state index is -0.330. The Balaban J connectivity index is 2.03. The molecule has 15 heavy (non-hydrogen) atoms. The number of aliphatic hydroxyl groups excluding tert-OH is 1. The van der Waals surface area contributed by atoms with Crippen molar-refractivity contribution in [1.29, 1.82) is 0 Å². The molecule has 1 aromatic rings. The van der Waals surface area contributed by atoms with Gasteiger partial charge in [0.1, 0.15) is 18.4 Å². The molecule has 80 valence electrons. The topological polar surface area (TPSA) is 73.6 Å². The van der Waals surface area contributed by atoms with E-state index in [2.05, 4.69) is 4.98 Å². The van der Waals surface area contributed by atoms with Gasteiger partial charge in [-0.15, -0.1) is 0 Å². The van der Waals surface area contributed by atoms with E-state index in [-0.39, 0.29) is 36.6 Å². The first-order chi connectivity index (χ1) is 7.28. The Morgan fingerprint density at radius 2 is 2.53 bits per heavy atom. The van der Waals surface area contributed by atoms with Crippen LogP contribution in [0.2, 0.25) is 0 Å². The number of nitrogens with zero attached hydrogens (tertiary/aromatic N) is 2. The minimum absolute atomic E-state index is 0.0834. The highest BCUT2D eigenvalue weighted by Gasteiger charge is 2.42. The first kappa shape index (κ1) is 8.87. The number of aromatic nitrogens is 2. The Morgan fingerprint density at radius 3 is 3.33 bits per heavy atom. The van der Waals surface area contributed by atoms with Gasteiger partial charge in [-0.3, -0.25) is 9.36 Å². The maximum Gasteiger partial charge on any atom is 0.302 e. The molecule has 3 rings (SSSR count). The van der Waals surface area contributed by atoms with Crippen LogP contribution in [-0.2, 0) is 4.74 Å². The molecule has 3 heterocycles. The second kappa shape index (κ2) is 3.04. The van der Waals surface area contributed by atoms with E-state index >= 15 is 0 Å². The van der Waals surface area contributed by atoms with Gasteiger partial charge >= 0.3 is 6.01 Å². The zero-order chi connectivity index (χ0) is 10.4. The summed E-state index contributed by atoms with van der Waals surface area (Å²) in [6.07, 6.45) is 1.58. The lowest BCUT2D eigenvalue weighted by atomic mass is 10.2. The molecule has 3 atom stereocenters. The van der Waals surface area contributed by atoms with Crippen LogP contribution < -0.4 is 10.3 Å².